The van der Waals surface area contributed by atoms with Gasteiger partial charge in [0.1, 0.15) is 0 Å². The van der Waals surface area contributed by atoms with Crippen LogP contribution in [-0.4, -0.2) is 69.3 Å². The van der Waals surface area contributed by atoms with Gasteiger partial charge < -0.3 is 40.2 Å². The van der Waals surface area contributed by atoms with E-state index in [0.29, 0.717) is 0 Å². The van der Waals surface area contributed by atoms with Crippen molar-refractivity contribution in [1.82, 2.24) is 40.8 Å². The third kappa shape index (κ3) is 66.6. The SMILES string of the molecule is C[n+]1ccccn1.C[n+]1ccccn1.C[n+]1ccccn1.C[n+]1ccccn1.C[n+]1ccccn1.C[n+]1ccccn1.C[n+]1ccccn1.C[n+]1ccccn1.N#CB([O-])[O-].N#CB([O-])[O-].N#CB([O-])[O-].N#CB([O-])[O-]. The van der Waals surface area contributed by atoms with Crippen molar-refractivity contribution in [2.75, 3.05) is 0 Å². The molecule has 0 bridgehead atoms. The molecule has 0 unspecified atom stereocenters. The maximum atomic E-state index is 8.98. The van der Waals surface area contributed by atoms with Gasteiger partial charge in [-0.25, -0.2) is 21.0 Å². The summed E-state index contributed by atoms with van der Waals surface area (Å²) >= 11 is 0. The van der Waals surface area contributed by atoms with Crippen molar-refractivity contribution in [3.05, 3.63) is 196 Å². The quantitative estimate of drug-likeness (QED) is 0.100. The molecule has 0 aliphatic rings. The largest absolute Gasteiger partial charge is 0.881 e. The lowest BCUT2D eigenvalue weighted by molar-refractivity contribution is -0.731. The first-order valence-corrected chi connectivity index (χ1v) is 21.2. The molecule has 28 nitrogen and oxygen atoms in total. The van der Waals surface area contributed by atoms with Gasteiger partial charge in [0, 0.05) is 77.0 Å². The first-order valence-electron chi connectivity index (χ1n) is 21.2. The van der Waals surface area contributed by atoms with E-state index in [1.165, 1.54) is 0 Å². The fraction of sp³-hybridized carbons (Fsp3) is 0.182. The number of aryl methyl sites for hydroxylation is 8. The Hall–Kier alpha value is -9.46. The molecule has 0 aliphatic heterocycles. The standard InChI is InChI=1S/8C5H7N2.4CBNO2/c8*1-7-5-3-2-4-6-7;4*3-1-2(4)5/h8*2-5H,1H3;;;;/q8*+1;4*-2. The zero-order chi connectivity index (χ0) is 58.0. The molecule has 8 heterocycles. The van der Waals surface area contributed by atoms with Crippen LogP contribution in [0.15, 0.2) is 196 Å². The Bertz CT molecular complexity index is 2120. The summed E-state index contributed by atoms with van der Waals surface area (Å²) in [4.78, 5) is 0. The zero-order valence-corrected chi connectivity index (χ0v) is 43.0. The molecule has 0 aliphatic carbocycles. The van der Waals surface area contributed by atoms with E-state index in [1.807, 2.05) is 203 Å². The molecule has 32 heteroatoms. The van der Waals surface area contributed by atoms with E-state index in [0.717, 1.165) is 23.9 Å². The van der Waals surface area contributed by atoms with Crippen molar-refractivity contribution in [2.24, 2.45) is 56.4 Å². The van der Waals surface area contributed by atoms with Crippen LogP contribution in [0.1, 0.15) is 0 Å². The Balaban J connectivity index is -0.000000373. The molecule has 76 heavy (non-hydrogen) atoms. The van der Waals surface area contributed by atoms with Gasteiger partial charge in [0.25, 0.3) is 0 Å². The summed E-state index contributed by atoms with van der Waals surface area (Å²) in [5.41, 5.74) is 0. The van der Waals surface area contributed by atoms with Crippen LogP contribution in [0, 0.1) is 44.9 Å². The highest BCUT2D eigenvalue weighted by atomic mass is 16.4. The number of hydrogen-bond acceptors (Lipinski definition) is 20. The highest BCUT2D eigenvalue weighted by Crippen LogP contribution is 1.71. The van der Waals surface area contributed by atoms with Crippen molar-refractivity contribution in [3.8, 4) is 23.9 Å². The fourth-order valence-corrected chi connectivity index (χ4v) is 3.25. The van der Waals surface area contributed by atoms with Gasteiger partial charge in [-0.05, 0) is 113 Å². The van der Waals surface area contributed by atoms with Gasteiger partial charge in [-0.3, -0.25) is 0 Å². The Morgan fingerprint density at radius 2 is 0.329 bits per heavy atom. The molecule has 0 amide bonds. The van der Waals surface area contributed by atoms with E-state index in [-0.39, 0.29) is 0 Å². The first-order chi connectivity index (χ1) is 36.2. The second-order valence-electron chi connectivity index (χ2n) is 12.8. The van der Waals surface area contributed by atoms with Crippen molar-refractivity contribution in [3.63, 3.8) is 0 Å². The van der Waals surface area contributed by atoms with Gasteiger partial charge in [-0.15, -0.1) is 0 Å². The summed E-state index contributed by atoms with van der Waals surface area (Å²) in [6.07, 6.45) is 29.1. The molecular formula is C44H56B4N20O8. The van der Waals surface area contributed by atoms with Crippen LogP contribution >= 0.6 is 0 Å². The number of aromatic nitrogens is 16. The molecule has 8 aromatic rings. The van der Waals surface area contributed by atoms with E-state index in [1.54, 1.807) is 87.0 Å². The topological polar surface area (TPSA) is 414 Å². The Kier molecular flexibility index (Phi) is 52.8. The maximum absolute atomic E-state index is 8.98. The lowest BCUT2D eigenvalue weighted by atomic mass is 9.97. The van der Waals surface area contributed by atoms with Crippen LogP contribution in [0.3, 0.4) is 0 Å². The molecule has 8 rings (SSSR count). The number of rotatable bonds is 0. The number of nitriles is 4. The Labute approximate surface area is 443 Å². The van der Waals surface area contributed by atoms with E-state index in [2.05, 4.69) is 40.8 Å². The molecule has 392 valence electrons. The third-order valence-electron chi connectivity index (χ3n) is 6.40. The molecule has 0 atom stereocenters. The first kappa shape index (κ1) is 73.1. The van der Waals surface area contributed by atoms with Crippen LogP contribution in [0.4, 0.5) is 0 Å². The average molecular weight is 1040 g/mol. The van der Waals surface area contributed by atoms with E-state index < -0.39 is 28.5 Å². The van der Waals surface area contributed by atoms with Crippen LogP contribution in [0.2, 0.25) is 0 Å². The summed E-state index contributed by atoms with van der Waals surface area (Å²) in [6, 6.07) is 30.6. The second-order valence-corrected chi connectivity index (χ2v) is 12.8. The number of hydrogen-bond donors (Lipinski definition) is 0. The van der Waals surface area contributed by atoms with Gasteiger partial charge in [0.2, 0.25) is 0 Å². The fourth-order valence-electron chi connectivity index (χ4n) is 3.25. The number of nitrogens with zero attached hydrogens (tertiary/aromatic N) is 20. The molecule has 8 aromatic heterocycles. The summed E-state index contributed by atoms with van der Waals surface area (Å²) in [5.74, 6) is 3.67. The van der Waals surface area contributed by atoms with E-state index in [9.17, 15) is 0 Å². The molecule has 0 fully saturated rings. The predicted octanol–water partition coefficient (Wildman–Crippen LogP) is -11.7. The van der Waals surface area contributed by atoms with E-state index >= 15 is 0 Å². The Morgan fingerprint density at radius 1 is 0.237 bits per heavy atom. The minimum absolute atomic E-state index is 0.917. The monoisotopic (exact) mass is 1040 g/mol. The molecule has 0 spiro atoms. The predicted molar refractivity (Wildman–Crippen MR) is 249 cm³/mol. The van der Waals surface area contributed by atoms with Gasteiger partial charge in [-0.2, -0.15) is 0 Å². The Morgan fingerprint density at radius 3 is 0.355 bits per heavy atom. The van der Waals surface area contributed by atoms with Crippen LogP contribution in [0.25, 0.3) is 0 Å². The molecule has 0 saturated heterocycles. The molecule has 0 radical (unpaired) electrons. The molecule has 0 saturated carbocycles. The summed E-state index contributed by atoms with van der Waals surface area (Å²) in [5, 5.41) is 132. The van der Waals surface area contributed by atoms with Gasteiger partial charge >= 0.3 is 0 Å². The third-order valence-corrected chi connectivity index (χ3v) is 6.40. The van der Waals surface area contributed by atoms with Gasteiger partial charge in [0.05, 0.1) is 49.6 Å². The smallest absolute Gasteiger partial charge is 0.195 e. The minimum Gasteiger partial charge on any atom is -0.881 e. The van der Waals surface area contributed by atoms with Crippen molar-refractivity contribution >= 4 is 28.5 Å². The van der Waals surface area contributed by atoms with Crippen LogP contribution < -0.4 is 77.6 Å². The van der Waals surface area contributed by atoms with Gasteiger partial charge in [-0.1, -0.05) is 37.5 Å². The van der Waals surface area contributed by atoms with Gasteiger partial charge in [0.15, 0.2) is 106 Å². The van der Waals surface area contributed by atoms with Crippen molar-refractivity contribution in [1.29, 1.82) is 21.0 Å². The lowest BCUT2D eigenvalue weighted by Crippen LogP contribution is -2.43. The highest BCUT2D eigenvalue weighted by molar-refractivity contribution is 6.47. The lowest BCUT2D eigenvalue weighted by Gasteiger charge is -2.12. The van der Waals surface area contributed by atoms with Crippen LogP contribution in [-0.2, 0) is 56.4 Å². The summed E-state index contributed by atoms with van der Waals surface area (Å²) in [6.45, 7) is 0. The highest BCUT2D eigenvalue weighted by Gasteiger charge is 1.85. The van der Waals surface area contributed by atoms with Crippen LogP contribution in [0.5, 0.6) is 0 Å². The summed E-state index contributed by atoms with van der Waals surface area (Å²) in [7, 11) is 5.87. The maximum Gasteiger partial charge on any atom is 0.195 e. The minimum atomic E-state index is -2.31. The zero-order valence-electron chi connectivity index (χ0n) is 43.0. The second kappa shape index (κ2) is 54.9. The summed E-state index contributed by atoms with van der Waals surface area (Å²) < 4.78 is 14.0. The average Bonchev–Trinajstić information content (AvgIpc) is 3.42. The molecule has 0 aromatic carbocycles. The van der Waals surface area contributed by atoms with Crippen molar-refractivity contribution in [2.45, 2.75) is 0 Å². The van der Waals surface area contributed by atoms with E-state index in [4.69, 9.17) is 61.2 Å². The molecule has 0 N–H and O–H groups in total. The van der Waals surface area contributed by atoms with Crippen molar-refractivity contribution < 1.29 is 77.6 Å². The normalized spacial score (nSPS) is 7.95. The molecular weight excluding hydrogens is 980 g/mol.